The number of rotatable bonds is 3. The Balaban J connectivity index is 0.00000124. The lowest BCUT2D eigenvalue weighted by molar-refractivity contribution is 0.313. The number of nitrogens with zero attached hydrogens (tertiary/aromatic N) is 2. The van der Waals surface area contributed by atoms with E-state index >= 15 is 0 Å². The molecule has 5 N–H and O–H groups in total. The van der Waals surface area contributed by atoms with Crippen LogP contribution >= 0.6 is 0 Å². The van der Waals surface area contributed by atoms with Crippen molar-refractivity contribution < 1.29 is 0 Å². The molecule has 158 valence electrons. The first-order valence-corrected chi connectivity index (χ1v) is 10.4. The highest BCUT2D eigenvalue weighted by atomic mass is 16.1. The molecule has 1 aliphatic rings. The Labute approximate surface area is 177 Å². The first-order valence-electron chi connectivity index (χ1n) is 10.4. The molecule has 0 spiro atoms. The van der Waals surface area contributed by atoms with Gasteiger partial charge in [-0.15, -0.1) is 0 Å². The third-order valence-corrected chi connectivity index (χ3v) is 5.21. The molecule has 0 aliphatic carbocycles. The molecule has 4 rings (SSSR count). The summed E-state index contributed by atoms with van der Waals surface area (Å²) < 4.78 is 1.63. The molecule has 0 unspecified atom stereocenters. The molecule has 0 radical (unpaired) electrons. The quantitative estimate of drug-likeness (QED) is 0.582. The molecule has 6 nitrogen and oxygen atoms in total. The molecular weight excluding hydrogens is 374 g/mol. The van der Waals surface area contributed by atoms with E-state index in [2.05, 4.69) is 23.0 Å². The van der Waals surface area contributed by atoms with Crippen LogP contribution in [0.2, 0.25) is 0 Å². The van der Waals surface area contributed by atoms with Crippen molar-refractivity contribution in [2.45, 2.75) is 33.7 Å². The monoisotopic (exact) mass is 405 g/mol. The largest absolute Gasteiger partial charge is 0.402 e. The third-order valence-electron chi connectivity index (χ3n) is 5.21. The number of hydrogen-bond donors (Lipinski definition) is 3. The number of pyridine rings is 1. The van der Waals surface area contributed by atoms with E-state index in [9.17, 15) is 4.79 Å². The number of nitrogens with two attached hydrogens (primary N) is 2. The molecule has 3 aromatic rings. The van der Waals surface area contributed by atoms with Crippen LogP contribution in [-0.4, -0.2) is 28.0 Å². The molecule has 0 fully saturated rings. The van der Waals surface area contributed by atoms with Gasteiger partial charge in [0.25, 0.3) is 5.56 Å². The van der Waals surface area contributed by atoms with E-state index in [1.165, 1.54) is 16.6 Å². The highest BCUT2D eigenvalue weighted by Gasteiger charge is 2.18. The van der Waals surface area contributed by atoms with Gasteiger partial charge in [0.15, 0.2) is 0 Å². The van der Waals surface area contributed by atoms with Crippen molar-refractivity contribution in [2.75, 3.05) is 13.6 Å². The van der Waals surface area contributed by atoms with Crippen LogP contribution in [0.15, 0.2) is 59.2 Å². The molecule has 0 bridgehead atoms. The summed E-state index contributed by atoms with van der Waals surface area (Å²) in [5.41, 5.74) is 17.9. The minimum absolute atomic E-state index is 0.127. The van der Waals surface area contributed by atoms with Crippen LogP contribution < -0.4 is 17.0 Å². The summed E-state index contributed by atoms with van der Waals surface area (Å²) in [4.78, 5) is 18.5. The highest BCUT2D eigenvalue weighted by molar-refractivity contribution is 5.86. The van der Waals surface area contributed by atoms with E-state index in [0.717, 1.165) is 30.7 Å². The van der Waals surface area contributed by atoms with Gasteiger partial charge in [-0.1, -0.05) is 19.9 Å². The Morgan fingerprint density at radius 3 is 2.60 bits per heavy atom. The van der Waals surface area contributed by atoms with Crippen molar-refractivity contribution in [3.63, 3.8) is 0 Å². The lowest BCUT2D eigenvalue weighted by atomic mass is 10.0. The average molecular weight is 406 g/mol. The van der Waals surface area contributed by atoms with Gasteiger partial charge in [0.05, 0.1) is 5.69 Å². The Morgan fingerprint density at radius 2 is 1.90 bits per heavy atom. The van der Waals surface area contributed by atoms with Gasteiger partial charge in [-0.25, -0.2) is 0 Å². The maximum Gasteiger partial charge on any atom is 0.255 e. The zero-order chi connectivity index (χ0) is 21.8. The van der Waals surface area contributed by atoms with Crippen molar-refractivity contribution in [3.8, 4) is 5.69 Å². The van der Waals surface area contributed by atoms with Gasteiger partial charge in [-0.05, 0) is 49.9 Å². The maximum atomic E-state index is 12.7. The first kappa shape index (κ1) is 21.5. The molecule has 1 aromatic carbocycles. The topological polar surface area (TPSA) is 93.1 Å². The third kappa shape index (κ3) is 4.33. The van der Waals surface area contributed by atoms with Gasteiger partial charge >= 0.3 is 0 Å². The molecule has 6 heteroatoms. The molecule has 2 aromatic heterocycles. The van der Waals surface area contributed by atoms with Crippen LogP contribution in [0.1, 0.15) is 37.6 Å². The number of aromatic amines is 1. The average Bonchev–Trinajstić information content (AvgIpc) is 3.10. The smallest absolute Gasteiger partial charge is 0.255 e. The van der Waals surface area contributed by atoms with Crippen LogP contribution in [0.4, 0.5) is 0 Å². The Bertz CT molecular complexity index is 1160. The molecule has 0 atom stereocenters. The van der Waals surface area contributed by atoms with E-state index in [-0.39, 0.29) is 5.56 Å². The fourth-order valence-electron chi connectivity index (χ4n) is 3.68. The van der Waals surface area contributed by atoms with Gasteiger partial charge in [0, 0.05) is 65.3 Å². The van der Waals surface area contributed by atoms with Crippen molar-refractivity contribution in [1.29, 1.82) is 0 Å². The summed E-state index contributed by atoms with van der Waals surface area (Å²) in [6.45, 7) is 7.79. The van der Waals surface area contributed by atoms with Crippen LogP contribution in [0.5, 0.6) is 0 Å². The van der Waals surface area contributed by atoms with E-state index in [0.29, 0.717) is 17.0 Å². The number of fused-ring (bicyclic) bond motifs is 3. The SMILES string of the molecule is C/C(N)=C/C=C(\N)c1ccn(-c2ccc3c4c([nH]c3c2)CCN(C)C4)c(=O)c1.CC. The van der Waals surface area contributed by atoms with Crippen LogP contribution in [0, 0.1) is 0 Å². The summed E-state index contributed by atoms with van der Waals surface area (Å²) in [7, 11) is 2.14. The fourth-order valence-corrected chi connectivity index (χ4v) is 3.68. The van der Waals surface area contributed by atoms with Crippen molar-refractivity contribution >= 4 is 16.6 Å². The number of nitrogens with one attached hydrogen (secondary N) is 1. The fraction of sp³-hybridized carbons (Fsp3) is 0.292. The minimum Gasteiger partial charge on any atom is -0.402 e. The van der Waals surface area contributed by atoms with Gasteiger partial charge < -0.3 is 21.4 Å². The molecule has 0 saturated heterocycles. The van der Waals surface area contributed by atoms with E-state index < -0.39 is 0 Å². The first-order chi connectivity index (χ1) is 14.4. The molecule has 30 heavy (non-hydrogen) atoms. The number of aromatic nitrogens is 2. The molecule has 0 amide bonds. The summed E-state index contributed by atoms with van der Waals surface area (Å²) in [6.07, 6.45) is 6.21. The molecule has 0 saturated carbocycles. The van der Waals surface area contributed by atoms with Crippen LogP contribution in [0.3, 0.4) is 0 Å². The zero-order valence-corrected chi connectivity index (χ0v) is 18.2. The summed E-state index contributed by atoms with van der Waals surface area (Å²) >= 11 is 0. The van der Waals surface area contributed by atoms with Gasteiger partial charge in [0.2, 0.25) is 0 Å². The second kappa shape index (κ2) is 9.05. The van der Waals surface area contributed by atoms with Crippen molar-refractivity contribution in [2.24, 2.45) is 11.5 Å². The summed E-state index contributed by atoms with van der Waals surface area (Å²) in [5.74, 6) is 0. The number of benzene rings is 1. The van der Waals surface area contributed by atoms with Crippen molar-refractivity contribution in [3.05, 3.63) is 81.6 Å². The number of H-pyrrole nitrogens is 1. The highest BCUT2D eigenvalue weighted by Crippen LogP contribution is 2.28. The Kier molecular flexibility index (Phi) is 6.47. The number of likely N-dealkylation sites (N-methyl/N-ethyl adjacent to an activating group) is 1. The number of hydrogen-bond acceptors (Lipinski definition) is 4. The Hall–Kier alpha value is -3.25. The second-order valence-electron chi connectivity index (χ2n) is 7.46. The van der Waals surface area contributed by atoms with Gasteiger partial charge in [-0.3, -0.25) is 9.36 Å². The predicted octanol–water partition coefficient (Wildman–Crippen LogP) is 3.50. The molecule has 1 aliphatic heterocycles. The molecule has 3 heterocycles. The second-order valence-corrected chi connectivity index (χ2v) is 7.46. The lowest BCUT2D eigenvalue weighted by Crippen LogP contribution is -2.25. The summed E-state index contributed by atoms with van der Waals surface area (Å²) in [5, 5.41) is 1.23. The van der Waals surface area contributed by atoms with Crippen LogP contribution in [-0.2, 0) is 13.0 Å². The maximum absolute atomic E-state index is 12.7. The Morgan fingerprint density at radius 1 is 1.13 bits per heavy atom. The predicted molar refractivity (Wildman–Crippen MR) is 125 cm³/mol. The standard InChI is InChI=1S/C22H25N5O.C2H6/c1-14(23)3-6-19(24)15-7-10-27(22(28)11-15)16-4-5-17-18-13-26(2)9-8-20(18)25-21(17)12-16;1-2/h3-7,10-12,25H,8-9,13,23-24H2,1-2H3;1-2H3/b14-3-,19-6-;. The molecular formula is C24H31N5O. The number of allylic oxidation sites excluding steroid dienone is 3. The van der Waals surface area contributed by atoms with Gasteiger partial charge in [0.1, 0.15) is 0 Å². The minimum atomic E-state index is -0.127. The van der Waals surface area contributed by atoms with Gasteiger partial charge in [-0.2, -0.15) is 0 Å². The lowest BCUT2D eigenvalue weighted by Gasteiger charge is -2.22. The normalized spacial score (nSPS) is 14.9. The van der Waals surface area contributed by atoms with E-state index in [4.69, 9.17) is 11.5 Å². The van der Waals surface area contributed by atoms with Crippen molar-refractivity contribution in [1.82, 2.24) is 14.5 Å². The summed E-state index contributed by atoms with van der Waals surface area (Å²) in [6, 6.07) is 9.51. The van der Waals surface area contributed by atoms with E-state index in [1.54, 1.807) is 35.9 Å². The van der Waals surface area contributed by atoms with Crippen LogP contribution in [0.25, 0.3) is 22.3 Å². The zero-order valence-electron chi connectivity index (χ0n) is 18.2. The van der Waals surface area contributed by atoms with E-state index in [1.807, 2.05) is 32.0 Å².